The Morgan fingerprint density at radius 1 is 1.14 bits per heavy atom. The summed E-state index contributed by atoms with van der Waals surface area (Å²) in [5.74, 6) is 0.226. The van der Waals surface area contributed by atoms with Gasteiger partial charge in [0.15, 0.2) is 0 Å². The van der Waals surface area contributed by atoms with Gasteiger partial charge in [0.05, 0.1) is 11.4 Å². The van der Waals surface area contributed by atoms with Crippen molar-refractivity contribution >= 4 is 5.82 Å². The van der Waals surface area contributed by atoms with Crippen molar-refractivity contribution in [1.29, 1.82) is 5.26 Å². The molecule has 3 rings (SSSR count). The maximum Gasteiger partial charge on any atom is 0.142 e. The van der Waals surface area contributed by atoms with Crippen LogP contribution in [0, 0.1) is 25.2 Å². The summed E-state index contributed by atoms with van der Waals surface area (Å²) in [6.07, 6.45) is 1.64. The van der Waals surface area contributed by atoms with E-state index in [9.17, 15) is 5.26 Å². The van der Waals surface area contributed by atoms with Crippen molar-refractivity contribution < 1.29 is 0 Å². The van der Waals surface area contributed by atoms with Gasteiger partial charge in [-0.05, 0) is 31.5 Å². The monoisotopic (exact) mass is 289 g/mol. The van der Waals surface area contributed by atoms with Crippen LogP contribution in [-0.4, -0.2) is 15.2 Å². The summed E-state index contributed by atoms with van der Waals surface area (Å²) in [6, 6.07) is 12.0. The Balaban J connectivity index is 2.25. The molecule has 2 heterocycles. The van der Waals surface area contributed by atoms with E-state index in [1.807, 2.05) is 32.0 Å². The normalized spacial score (nSPS) is 10.4. The summed E-state index contributed by atoms with van der Waals surface area (Å²) in [5, 5.41) is 16.2. The molecule has 0 radical (unpaired) electrons. The number of nitriles is 1. The molecule has 0 aliphatic carbocycles. The van der Waals surface area contributed by atoms with E-state index in [4.69, 9.17) is 5.73 Å². The summed E-state index contributed by atoms with van der Waals surface area (Å²) < 4.78 is 0. The van der Waals surface area contributed by atoms with E-state index in [0.717, 1.165) is 22.5 Å². The predicted molar refractivity (Wildman–Crippen MR) is 85.9 cm³/mol. The first-order valence-corrected chi connectivity index (χ1v) is 6.88. The summed E-state index contributed by atoms with van der Waals surface area (Å²) in [7, 11) is 0. The Morgan fingerprint density at radius 2 is 1.95 bits per heavy atom. The molecule has 3 N–H and O–H groups in total. The molecular formula is C17H15N5. The van der Waals surface area contributed by atoms with Crippen LogP contribution in [0.2, 0.25) is 0 Å². The predicted octanol–water partition coefficient (Wildman–Crippen LogP) is 3.21. The molecule has 0 saturated heterocycles. The minimum absolute atomic E-state index is 0.226. The largest absolute Gasteiger partial charge is 0.383 e. The number of nitrogen functional groups attached to an aromatic ring is 1. The topological polar surface area (TPSA) is 91.4 Å². The first-order valence-electron chi connectivity index (χ1n) is 6.88. The third kappa shape index (κ3) is 2.31. The van der Waals surface area contributed by atoms with Crippen molar-refractivity contribution in [2.45, 2.75) is 13.8 Å². The van der Waals surface area contributed by atoms with Crippen molar-refractivity contribution in [3.63, 3.8) is 0 Å². The molecule has 0 unspecified atom stereocenters. The highest BCUT2D eigenvalue weighted by molar-refractivity contribution is 5.79. The van der Waals surface area contributed by atoms with Gasteiger partial charge < -0.3 is 5.73 Å². The Kier molecular flexibility index (Phi) is 3.36. The smallest absolute Gasteiger partial charge is 0.142 e. The molecule has 5 nitrogen and oxygen atoms in total. The zero-order valence-electron chi connectivity index (χ0n) is 12.4. The maximum atomic E-state index is 9.35. The molecule has 1 aromatic carbocycles. The Labute approximate surface area is 128 Å². The van der Waals surface area contributed by atoms with E-state index < -0.39 is 0 Å². The molecule has 3 aromatic rings. The Bertz CT molecular complexity index is 873. The van der Waals surface area contributed by atoms with Crippen LogP contribution in [0.15, 0.2) is 36.5 Å². The van der Waals surface area contributed by atoms with Gasteiger partial charge in [0.1, 0.15) is 17.5 Å². The number of H-pyrrole nitrogens is 1. The SMILES string of the molecule is Cc1ccc(-c2cc(-c3ccn[nH]3)c(C#N)c(N)n2)c(C)c1. The minimum Gasteiger partial charge on any atom is -0.383 e. The number of aromatic amines is 1. The number of hydrogen-bond acceptors (Lipinski definition) is 4. The number of anilines is 1. The molecule has 0 spiro atoms. The fourth-order valence-electron chi connectivity index (χ4n) is 2.54. The third-order valence-electron chi connectivity index (χ3n) is 3.61. The Hall–Kier alpha value is -3.13. The molecular weight excluding hydrogens is 274 g/mol. The van der Waals surface area contributed by atoms with Gasteiger partial charge in [-0.15, -0.1) is 0 Å². The average molecular weight is 289 g/mol. The quantitative estimate of drug-likeness (QED) is 0.757. The lowest BCUT2D eigenvalue weighted by Gasteiger charge is -2.11. The second-order valence-electron chi connectivity index (χ2n) is 5.22. The molecule has 0 bridgehead atoms. The van der Waals surface area contributed by atoms with Gasteiger partial charge in [-0.2, -0.15) is 10.4 Å². The first kappa shape index (κ1) is 13.8. The van der Waals surface area contributed by atoms with Crippen LogP contribution in [0.5, 0.6) is 0 Å². The molecule has 0 saturated carbocycles. The number of aryl methyl sites for hydroxylation is 2. The molecule has 108 valence electrons. The summed E-state index contributed by atoms with van der Waals surface area (Å²) in [5.41, 5.74) is 11.9. The van der Waals surface area contributed by atoms with Crippen LogP contribution in [-0.2, 0) is 0 Å². The van der Waals surface area contributed by atoms with Crippen molar-refractivity contribution in [2.75, 3.05) is 5.73 Å². The number of nitrogens with two attached hydrogens (primary N) is 1. The lowest BCUT2D eigenvalue weighted by molar-refractivity contribution is 1.09. The van der Waals surface area contributed by atoms with Crippen LogP contribution in [0.1, 0.15) is 16.7 Å². The van der Waals surface area contributed by atoms with Crippen molar-refractivity contribution in [3.05, 3.63) is 53.2 Å². The molecule has 2 aromatic heterocycles. The minimum atomic E-state index is 0.226. The first-order chi connectivity index (χ1) is 10.6. The number of pyridine rings is 1. The van der Waals surface area contributed by atoms with Gasteiger partial charge in [0.2, 0.25) is 0 Å². The fraction of sp³-hybridized carbons (Fsp3) is 0.118. The second-order valence-corrected chi connectivity index (χ2v) is 5.22. The molecule has 5 heteroatoms. The molecule has 0 fully saturated rings. The molecule has 22 heavy (non-hydrogen) atoms. The second kappa shape index (κ2) is 5.34. The standard InChI is InChI=1S/C17H15N5/c1-10-3-4-12(11(2)7-10)16-8-13(15-5-6-20-22-15)14(9-18)17(19)21-16/h3-8H,1-2H3,(H2,19,21)(H,20,22). The van der Waals surface area contributed by atoms with Crippen LogP contribution in [0.4, 0.5) is 5.82 Å². The summed E-state index contributed by atoms with van der Waals surface area (Å²) in [6.45, 7) is 4.08. The van der Waals surface area contributed by atoms with E-state index >= 15 is 0 Å². The van der Waals surface area contributed by atoms with E-state index in [0.29, 0.717) is 11.1 Å². The van der Waals surface area contributed by atoms with Crippen LogP contribution in [0.3, 0.4) is 0 Å². The third-order valence-corrected chi connectivity index (χ3v) is 3.61. The van der Waals surface area contributed by atoms with Gasteiger partial charge in [-0.3, -0.25) is 5.10 Å². The van der Waals surface area contributed by atoms with Gasteiger partial charge in [0, 0.05) is 17.3 Å². The van der Waals surface area contributed by atoms with E-state index in [2.05, 4.69) is 27.3 Å². The van der Waals surface area contributed by atoms with Gasteiger partial charge in [-0.25, -0.2) is 4.98 Å². The van der Waals surface area contributed by atoms with Crippen molar-refractivity contribution in [1.82, 2.24) is 15.2 Å². The van der Waals surface area contributed by atoms with Crippen LogP contribution < -0.4 is 5.73 Å². The average Bonchev–Trinajstić information content (AvgIpc) is 3.00. The van der Waals surface area contributed by atoms with E-state index in [1.54, 1.807) is 12.3 Å². The van der Waals surface area contributed by atoms with E-state index in [-0.39, 0.29) is 5.82 Å². The van der Waals surface area contributed by atoms with E-state index in [1.165, 1.54) is 5.56 Å². The molecule has 0 aliphatic heterocycles. The van der Waals surface area contributed by atoms with Gasteiger partial charge >= 0.3 is 0 Å². The van der Waals surface area contributed by atoms with Crippen molar-refractivity contribution in [2.24, 2.45) is 0 Å². The lowest BCUT2D eigenvalue weighted by Crippen LogP contribution is -2.00. The number of benzene rings is 1. The zero-order chi connectivity index (χ0) is 15.7. The fourth-order valence-corrected chi connectivity index (χ4v) is 2.54. The Morgan fingerprint density at radius 3 is 2.59 bits per heavy atom. The number of hydrogen-bond donors (Lipinski definition) is 2. The maximum absolute atomic E-state index is 9.35. The highest BCUT2D eigenvalue weighted by Crippen LogP contribution is 2.31. The van der Waals surface area contributed by atoms with Crippen LogP contribution >= 0.6 is 0 Å². The molecule has 0 aliphatic rings. The highest BCUT2D eigenvalue weighted by Gasteiger charge is 2.15. The number of rotatable bonds is 2. The van der Waals surface area contributed by atoms with Gasteiger partial charge in [-0.1, -0.05) is 23.8 Å². The number of aromatic nitrogens is 3. The zero-order valence-corrected chi connectivity index (χ0v) is 12.4. The molecule has 0 atom stereocenters. The lowest BCUT2D eigenvalue weighted by atomic mass is 9.99. The summed E-state index contributed by atoms with van der Waals surface area (Å²) in [4.78, 5) is 4.40. The van der Waals surface area contributed by atoms with Crippen LogP contribution in [0.25, 0.3) is 22.5 Å². The number of nitrogens with zero attached hydrogens (tertiary/aromatic N) is 3. The number of nitrogens with one attached hydrogen (secondary N) is 1. The molecule has 0 amide bonds. The summed E-state index contributed by atoms with van der Waals surface area (Å²) >= 11 is 0. The van der Waals surface area contributed by atoms with Gasteiger partial charge in [0.25, 0.3) is 0 Å². The van der Waals surface area contributed by atoms with Crippen molar-refractivity contribution in [3.8, 4) is 28.6 Å². The highest BCUT2D eigenvalue weighted by atomic mass is 15.1.